The monoisotopic (exact) mass is 122 g/mol. The molecule has 0 fully saturated rings. The van der Waals surface area contributed by atoms with Crippen LogP contribution in [0.2, 0.25) is 0 Å². The average Bonchev–Trinajstić information content (AvgIpc) is 2.14. The van der Waals surface area contributed by atoms with E-state index in [1.165, 1.54) is 6.08 Å². The summed E-state index contributed by atoms with van der Waals surface area (Å²) in [5, 5.41) is 8.37. The maximum atomic E-state index is 10.2. The normalized spacial score (nSPS) is 15.2. The van der Waals surface area contributed by atoms with E-state index in [9.17, 15) is 4.79 Å². The molecule has 0 saturated heterocycles. The van der Waals surface area contributed by atoms with Crippen LogP contribution in [-0.2, 0) is 4.79 Å². The lowest BCUT2D eigenvalue weighted by Gasteiger charge is -1.80. The highest BCUT2D eigenvalue weighted by molar-refractivity contribution is 5.90. The van der Waals surface area contributed by atoms with Crippen LogP contribution < -0.4 is 0 Å². The van der Waals surface area contributed by atoms with E-state index >= 15 is 0 Å². The molecule has 0 heterocycles. The predicted octanol–water partition coefficient (Wildman–Crippen LogP) is 1.11. The van der Waals surface area contributed by atoms with Crippen molar-refractivity contribution in [1.82, 2.24) is 0 Å². The number of hydrogen-bond acceptors (Lipinski definition) is 1. The van der Waals surface area contributed by atoms with Crippen LogP contribution >= 0.6 is 0 Å². The standard InChI is InChI=1S/C7H6O2/c1-5-2-3-6(4-5)7(8)9/h2-3H,1H3,(H,8,9). The molecular weight excluding hydrogens is 116 g/mol. The smallest absolute Gasteiger partial charge is 0.343 e. The number of rotatable bonds is 1. The first-order chi connectivity index (χ1) is 4.20. The second-order valence-electron chi connectivity index (χ2n) is 1.86. The summed E-state index contributed by atoms with van der Waals surface area (Å²) in [6, 6.07) is 0. The molecule has 2 heteroatoms. The Morgan fingerprint density at radius 3 is 2.56 bits per heavy atom. The molecule has 0 unspecified atom stereocenters. The van der Waals surface area contributed by atoms with Crippen molar-refractivity contribution in [2.45, 2.75) is 6.92 Å². The lowest BCUT2D eigenvalue weighted by molar-refractivity contribution is -0.132. The number of aliphatic carboxylic acids is 1. The second kappa shape index (κ2) is 1.92. The molecule has 0 aromatic heterocycles. The van der Waals surface area contributed by atoms with Gasteiger partial charge in [0, 0.05) is 0 Å². The fourth-order valence-corrected chi connectivity index (χ4v) is 0.629. The van der Waals surface area contributed by atoms with Crippen LogP contribution in [0.5, 0.6) is 0 Å². The van der Waals surface area contributed by atoms with Crippen LogP contribution in [0.25, 0.3) is 0 Å². The minimum absolute atomic E-state index is 0.243. The molecule has 46 valence electrons. The van der Waals surface area contributed by atoms with Crippen LogP contribution in [0.1, 0.15) is 6.92 Å². The summed E-state index contributed by atoms with van der Waals surface area (Å²) in [6.45, 7) is 1.81. The Morgan fingerprint density at radius 1 is 1.67 bits per heavy atom. The molecule has 9 heavy (non-hydrogen) atoms. The van der Waals surface area contributed by atoms with Crippen LogP contribution in [0.4, 0.5) is 0 Å². The molecule has 1 aliphatic rings. The van der Waals surface area contributed by atoms with Gasteiger partial charge in [-0.15, -0.1) is 5.73 Å². The summed E-state index contributed by atoms with van der Waals surface area (Å²) in [7, 11) is 0. The Bertz CT molecular complexity index is 240. The van der Waals surface area contributed by atoms with E-state index in [0.29, 0.717) is 0 Å². The Hall–Kier alpha value is -1.27. The van der Waals surface area contributed by atoms with Gasteiger partial charge < -0.3 is 5.11 Å². The van der Waals surface area contributed by atoms with E-state index in [2.05, 4.69) is 5.73 Å². The van der Waals surface area contributed by atoms with Gasteiger partial charge in [-0.2, -0.15) is 0 Å². The zero-order valence-corrected chi connectivity index (χ0v) is 5.01. The minimum atomic E-state index is -0.914. The van der Waals surface area contributed by atoms with Gasteiger partial charge in [0.15, 0.2) is 0 Å². The maximum Gasteiger partial charge on any atom is 0.343 e. The van der Waals surface area contributed by atoms with Gasteiger partial charge in [-0.1, -0.05) is 6.08 Å². The largest absolute Gasteiger partial charge is 0.477 e. The number of allylic oxidation sites excluding steroid dienone is 1. The summed E-state index contributed by atoms with van der Waals surface area (Å²) >= 11 is 0. The maximum absolute atomic E-state index is 10.2. The molecule has 0 aromatic carbocycles. The number of hydrogen-bond donors (Lipinski definition) is 1. The number of carbonyl (C=O) groups is 1. The topological polar surface area (TPSA) is 37.3 Å². The summed E-state index contributed by atoms with van der Waals surface area (Å²) in [5.41, 5.74) is 3.79. The number of carboxylic acid groups (broad SMARTS) is 1. The van der Waals surface area contributed by atoms with Gasteiger partial charge in [-0.3, -0.25) is 0 Å². The molecule has 0 aliphatic heterocycles. The third kappa shape index (κ3) is 1.09. The third-order valence-electron chi connectivity index (χ3n) is 1.06. The quantitative estimate of drug-likeness (QED) is 0.529. The SMILES string of the molecule is CC1=C=C(C(=O)O)C=C1. The molecule has 1 aliphatic carbocycles. The van der Waals surface area contributed by atoms with Crippen molar-refractivity contribution in [3.63, 3.8) is 0 Å². The van der Waals surface area contributed by atoms with E-state index in [-0.39, 0.29) is 5.57 Å². The van der Waals surface area contributed by atoms with Crippen LogP contribution in [0.3, 0.4) is 0 Å². The highest BCUT2D eigenvalue weighted by atomic mass is 16.4. The molecule has 0 aromatic rings. The van der Waals surface area contributed by atoms with Gasteiger partial charge in [-0.25, -0.2) is 4.79 Å². The van der Waals surface area contributed by atoms with Crippen molar-refractivity contribution in [2.75, 3.05) is 0 Å². The van der Waals surface area contributed by atoms with E-state index in [4.69, 9.17) is 5.11 Å². The highest BCUT2D eigenvalue weighted by Crippen LogP contribution is 2.07. The van der Waals surface area contributed by atoms with Gasteiger partial charge in [0.25, 0.3) is 0 Å². The van der Waals surface area contributed by atoms with Crippen molar-refractivity contribution in [3.8, 4) is 0 Å². The zero-order chi connectivity index (χ0) is 6.85. The van der Waals surface area contributed by atoms with E-state index in [1.807, 2.05) is 6.92 Å². The van der Waals surface area contributed by atoms with Crippen molar-refractivity contribution < 1.29 is 9.90 Å². The van der Waals surface area contributed by atoms with Gasteiger partial charge in [0.2, 0.25) is 0 Å². The van der Waals surface area contributed by atoms with Gasteiger partial charge in [0.05, 0.1) is 0 Å². The fourth-order valence-electron chi connectivity index (χ4n) is 0.629. The first kappa shape index (κ1) is 5.86. The first-order valence-electron chi connectivity index (χ1n) is 2.59. The molecule has 1 rings (SSSR count). The molecule has 0 amide bonds. The summed E-state index contributed by atoms with van der Waals surface area (Å²) < 4.78 is 0. The predicted molar refractivity (Wildman–Crippen MR) is 33.0 cm³/mol. The summed E-state index contributed by atoms with van der Waals surface area (Å²) in [4.78, 5) is 10.2. The summed E-state index contributed by atoms with van der Waals surface area (Å²) in [5.74, 6) is -0.914. The van der Waals surface area contributed by atoms with Crippen molar-refractivity contribution in [3.05, 3.63) is 29.0 Å². The summed E-state index contributed by atoms with van der Waals surface area (Å²) in [6.07, 6.45) is 3.26. The zero-order valence-electron chi connectivity index (χ0n) is 5.01. The molecule has 0 spiro atoms. The van der Waals surface area contributed by atoms with E-state index < -0.39 is 5.97 Å². The van der Waals surface area contributed by atoms with Crippen molar-refractivity contribution in [1.29, 1.82) is 0 Å². The third-order valence-corrected chi connectivity index (χ3v) is 1.06. The molecule has 0 saturated carbocycles. The van der Waals surface area contributed by atoms with E-state index in [0.717, 1.165) is 5.57 Å². The molecule has 1 N–H and O–H groups in total. The van der Waals surface area contributed by atoms with Crippen molar-refractivity contribution >= 4 is 5.97 Å². The van der Waals surface area contributed by atoms with E-state index in [1.54, 1.807) is 6.08 Å². The lowest BCUT2D eigenvalue weighted by Crippen LogP contribution is -1.93. The van der Waals surface area contributed by atoms with Gasteiger partial charge in [0.1, 0.15) is 5.57 Å². The average molecular weight is 122 g/mol. The highest BCUT2D eigenvalue weighted by Gasteiger charge is 2.04. The van der Waals surface area contributed by atoms with Crippen LogP contribution in [0.15, 0.2) is 29.0 Å². The van der Waals surface area contributed by atoms with Crippen LogP contribution in [0, 0.1) is 0 Å². The molecular formula is C7H6O2. The fraction of sp³-hybridized carbons (Fsp3) is 0.143. The first-order valence-corrected chi connectivity index (χ1v) is 2.59. The number of carboxylic acids is 1. The second-order valence-corrected chi connectivity index (χ2v) is 1.86. The lowest BCUT2D eigenvalue weighted by atomic mass is 10.3. The molecule has 0 bridgehead atoms. The molecule has 2 nitrogen and oxygen atoms in total. The Kier molecular flexibility index (Phi) is 1.25. The molecule has 0 atom stereocenters. The van der Waals surface area contributed by atoms with Gasteiger partial charge >= 0.3 is 5.97 Å². The van der Waals surface area contributed by atoms with Gasteiger partial charge in [-0.05, 0) is 18.6 Å². The molecule has 0 radical (unpaired) electrons. The van der Waals surface area contributed by atoms with Crippen molar-refractivity contribution in [2.24, 2.45) is 0 Å². The Labute approximate surface area is 52.8 Å². The van der Waals surface area contributed by atoms with Crippen LogP contribution in [-0.4, -0.2) is 11.1 Å². The minimum Gasteiger partial charge on any atom is -0.477 e. The Morgan fingerprint density at radius 2 is 2.33 bits per heavy atom. The Balaban J connectivity index is 3.01.